The SMILES string of the molecule is COCO[C@@H](C#C[C@H](C)O)c1ccccc1. The lowest BCUT2D eigenvalue weighted by Gasteiger charge is -2.11. The largest absolute Gasteiger partial charge is 0.381 e. The summed E-state index contributed by atoms with van der Waals surface area (Å²) < 4.78 is 10.3. The van der Waals surface area contributed by atoms with Crippen LogP contribution < -0.4 is 0 Å². The average Bonchev–Trinajstić information content (AvgIpc) is 2.30. The molecule has 16 heavy (non-hydrogen) atoms. The van der Waals surface area contributed by atoms with Crippen LogP contribution in [0.3, 0.4) is 0 Å². The van der Waals surface area contributed by atoms with E-state index in [1.165, 1.54) is 0 Å². The summed E-state index contributed by atoms with van der Waals surface area (Å²) in [5.74, 6) is 5.55. The van der Waals surface area contributed by atoms with E-state index in [4.69, 9.17) is 14.6 Å². The van der Waals surface area contributed by atoms with Crippen molar-refractivity contribution in [3.05, 3.63) is 35.9 Å². The molecular formula is C13H16O3. The van der Waals surface area contributed by atoms with Gasteiger partial charge in [0.1, 0.15) is 19.0 Å². The first-order valence-corrected chi connectivity index (χ1v) is 5.08. The second-order valence-corrected chi connectivity index (χ2v) is 3.33. The van der Waals surface area contributed by atoms with E-state index in [0.29, 0.717) is 0 Å². The first-order valence-electron chi connectivity index (χ1n) is 5.08. The monoisotopic (exact) mass is 220 g/mol. The lowest BCUT2D eigenvalue weighted by Crippen LogP contribution is -2.06. The molecule has 3 nitrogen and oxygen atoms in total. The Labute approximate surface area is 96.0 Å². The molecule has 0 bridgehead atoms. The maximum absolute atomic E-state index is 9.11. The minimum Gasteiger partial charge on any atom is -0.381 e. The molecule has 0 aliphatic rings. The molecule has 0 aromatic heterocycles. The predicted octanol–water partition coefficient (Wildman–Crippen LogP) is 1.73. The van der Waals surface area contributed by atoms with Crippen molar-refractivity contribution in [3.8, 4) is 11.8 Å². The number of ether oxygens (including phenoxy) is 2. The molecule has 86 valence electrons. The fourth-order valence-corrected chi connectivity index (χ4v) is 1.18. The third kappa shape index (κ3) is 4.45. The van der Waals surface area contributed by atoms with Crippen molar-refractivity contribution in [3.63, 3.8) is 0 Å². The highest BCUT2D eigenvalue weighted by Gasteiger charge is 2.07. The van der Waals surface area contributed by atoms with Gasteiger partial charge in [-0.15, -0.1) is 0 Å². The lowest BCUT2D eigenvalue weighted by molar-refractivity contribution is -0.0536. The van der Waals surface area contributed by atoms with E-state index < -0.39 is 6.10 Å². The van der Waals surface area contributed by atoms with Crippen LogP contribution in [0, 0.1) is 11.8 Å². The first kappa shape index (κ1) is 12.7. The van der Waals surface area contributed by atoms with E-state index >= 15 is 0 Å². The van der Waals surface area contributed by atoms with Gasteiger partial charge >= 0.3 is 0 Å². The molecule has 0 saturated carbocycles. The van der Waals surface area contributed by atoms with Crippen LogP contribution in [0.25, 0.3) is 0 Å². The molecule has 2 atom stereocenters. The van der Waals surface area contributed by atoms with Crippen LogP contribution in [0.15, 0.2) is 30.3 Å². The first-order chi connectivity index (χ1) is 7.74. The molecule has 0 fully saturated rings. The molecule has 0 unspecified atom stereocenters. The fourth-order valence-electron chi connectivity index (χ4n) is 1.18. The maximum Gasteiger partial charge on any atom is 0.148 e. The van der Waals surface area contributed by atoms with Crippen molar-refractivity contribution in [2.24, 2.45) is 0 Å². The Balaban J connectivity index is 2.76. The van der Waals surface area contributed by atoms with Crippen LogP contribution in [0.1, 0.15) is 18.6 Å². The summed E-state index contributed by atoms with van der Waals surface area (Å²) in [5, 5.41) is 9.11. The molecule has 1 rings (SSSR count). The standard InChI is InChI=1S/C13H16O3/c1-11(14)8-9-13(16-10-15-2)12-6-4-3-5-7-12/h3-7,11,13-14H,10H2,1-2H3/t11-,13-/m0/s1. The zero-order valence-corrected chi connectivity index (χ0v) is 9.51. The number of benzene rings is 1. The van der Waals surface area contributed by atoms with Crippen molar-refractivity contribution in [1.82, 2.24) is 0 Å². The molecule has 1 N–H and O–H groups in total. The zero-order chi connectivity index (χ0) is 11.8. The zero-order valence-electron chi connectivity index (χ0n) is 9.51. The van der Waals surface area contributed by atoms with Gasteiger partial charge in [-0.1, -0.05) is 42.2 Å². The second kappa shape index (κ2) is 7.02. The highest BCUT2D eigenvalue weighted by molar-refractivity contribution is 5.25. The molecule has 0 saturated heterocycles. The number of hydrogen-bond acceptors (Lipinski definition) is 3. The highest BCUT2D eigenvalue weighted by Crippen LogP contribution is 2.15. The van der Waals surface area contributed by atoms with Gasteiger partial charge in [-0.3, -0.25) is 0 Å². The second-order valence-electron chi connectivity index (χ2n) is 3.33. The van der Waals surface area contributed by atoms with Crippen LogP contribution in [0.2, 0.25) is 0 Å². The Kier molecular flexibility index (Phi) is 5.58. The van der Waals surface area contributed by atoms with Crippen LogP contribution in [0.5, 0.6) is 0 Å². The predicted molar refractivity (Wildman–Crippen MR) is 61.6 cm³/mol. The Morgan fingerprint density at radius 2 is 1.94 bits per heavy atom. The molecule has 0 aliphatic heterocycles. The van der Waals surface area contributed by atoms with Gasteiger partial charge in [0.15, 0.2) is 0 Å². The summed E-state index contributed by atoms with van der Waals surface area (Å²) in [4.78, 5) is 0. The molecular weight excluding hydrogens is 204 g/mol. The van der Waals surface area contributed by atoms with Crippen molar-refractivity contribution in [2.75, 3.05) is 13.9 Å². The van der Waals surface area contributed by atoms with E-state index in [9.17, 15) is 0 Å². The van der Waals surface area contributed by atoms with Crippen LogP contribution in [-0.4, -0.2) is 25.1 Å². The minimum atomic E-state index is -0.655. The van der Waals surface area contributed by atoms with E-state index in [2.05, 4.69) is 11.8 Å². The van der Waals surface area contributed by atoms with Crippen LogP contribution >= 0.6 is 0 Å². The topological polar surface area (TPSA) is 38.7 Å². The third-order valence-corrected chi connectivity index (χ3v) is 1.88. The number of aliphatic hydroxyl groups is 1. The Bertz CT molecular complexity index is 348. The molecule has 0 heterocycles. The molecule has 0 spiro atoms. The summed E-state index contributed by atoms with van der Waals surface area (Å²) >= 11 is 0. The molecule has 0 amide bonds. The molecule has 0 aliphatic carbocycles. The fraction of sp³-hybridized carbons (Fsp3) is 0.385. The Morgan fingerprint density at radius 3 is 2.50 bits per heavy atom. The van der Waals surface area contributed by atoms with E-state index in [-0.39, 0.29) is 12.9 Å². The van der Waals surface area contributed by atoms with Gasteiger partial charge in [0.25, 0.3) is 0 Å². The van der Waals surface area contributed by atoms with E-state index in [1.54, 1.807) is 14.0 Å². The van der Waals surface area contributed by atoms with Crippen molar-refractivity contribution >= 4 is 0 Å². The van der Waals surface area contributed by atoms with Gasteiger partial charge in [0, 0.05) is 7.11 Å². The lowest BCUT2D eigenvalue weighted by atomic mass is 10.1. The molecule has 1 aromatic rings. The van der Waals surface area contributed by atoms with Crippen molar-refractivity contribution in [1.29, 1.82) is 0 Å². The number of hydrogen-bond donors (Lipinski definition) is 1. The number of rotatable bonds is 4. The van der Waals surface area contributed by atoms with Crippen LogP contribution in [0.4, 0.5) is 0 Å². The summed E-state index contributed by atoms with van der Waals surface area (Å²) in [5.41, 5.74) is 0.952. The normalized spacial score (nSPS) is 13.7. The summed E-state index contributed by atoms with van der Waals surface area (Å²) in [6, 6.07) is 9.62. The molecule has 1 aromatic carbocycles. The molecule has 0 radical (unpaired) electrons. The number of aliphatic hydroxyl groups excluding tert-OH is 1. The number of methoxy groups -OCH3 is 1. The molecule has 3 heteroatoms. The highest BCUT2D eigenvalue weighted by atomic mass is 16.7. The van der Waals surface area contributed by atoms with Gasteiger partial charge in [-0.2, -0.15) is 0 Å². The van der Waals surface area contributed by atoms with Gasteiger partial charge in [0.2, 0.25) is 0 Å². The van der Waals surface area contributed by atoms with Gasteiger partial charge in [-0.25, -0.2) is 0 Å². The van der Waals surface area contributed by atoms with Gasteiger partial charge in [-0.05, 0) is 12.5 Å². The Morgan fingerprint density at radius 1 is 1.25 bits per heavy atom. The average molecular weight is 220 g/mol. The smallest absolute Gasteiger partial charge is 0.148 e. The quantitative estimate of drug-likeness (QED) is 0.620. The minimum absolute atomic E-state index is 0.175. The van der Waals surface area contributed by atoms with E-state index in [0.717, 1.165) is 5.56 Å². The van der Waals surface area contributed by atoms with E-state index in [1.807, 2.05) is 30.3 Å². The Hall–Kier alpha value is -1.34. The van der Waals surface area contributed by atoms with Crippen molar-refractivity contribution in [2.45, 2.75) is 19.1 Å². The summed E-state index contributed by atoms with van der Waals surface area (Å²) in [7, 11) is 1.56. The maximum atomic E-state index is 9.11. The van der Waals surface area contributed by atoms with Gasteiger partial charge < -0.3 is 14.6 Å². The summed E-state index contributed by atoms with van der Waals surface area (Å²) in [6.45, 7) is 1.79. The third-order valence-electron chi connectivity index (χ3n) is 1.88. The van der Waals surface area contributed by atoms with Crippen LogP contribution in [-0.2, 0) is 9.47 Å². The van der Waals surface area contributed by atoms with Gasteiger partial charge in [0.05, 0.1) is 0 Å². The van der Waals surface area contributed by atoms with Crippen molar-refractivity contribution < 1.29 is 14.6 Å². The summed E-state index contributed by atoms with van der Waals surface area (Å²) in [6.07, 6.45) is -1.02.